The van der Waals surface area contributed by atoms with Crippen LogP contribution in [-0.2, 0) is 0 Å². The Bertz CT molecular complexity index is 691. The molecule has 0 spiro atoms. The van der Waals surface area contributed by atoms with Crippen LogP contribution in [0.4, 0.5) is 4.39 Å². The molecule has 0 fully saturated rings. The fourth-order valence-electron chi connectivity index (χ4n) is 1.89. The van der Waals surface area contributed by atoms with Crippen LogP contribution < -0.4 is 5.69 Å². The highest BCUT2D eigenvalue weighted by Crippen LogP contribution is 2.24. The van der Waals surface area contributed by atoms with E-state index < -0.39 is 5.25 Å². The van der Waals surface area contributed by atoms with Gasteiger partial charge in [-0.05, 0) is 45.0 Å². The Hall–Kier alpha value is -1.89. The first kappa shape index (κ1) is 15.5. The SMILES string of the molecule is CC(Sc1n[nH]c(=O)n1C(C)C)C(=O)c1ccc(F)cc1. The summed E-state index contributed by atoms with van der Waals surface area (Å²) >= 11 is 1.20. The van der Waals surface area contributed by atoms with Crippen molar-refractivity contribution in [2.45, 2.75) is 37.2 Å². The van der Waals surface area contributed by atoms with E-state index in [1.54, 1.807) is 6.92 Å². The van der Waals surface area contributed by atoms with Crippen molar-refractivity contribution in [3.63, 3.8) is 0 Å². The minimum absolute atomic E-state index is 0.0492. The maximum absolute atomic E-state index is 12.9. The molecule has 1 atom stereocenters. The van der Waals surface area contributed by atoms with Crippen LogP contribution in [0.2, 0.25) is 0 Å². The molecule has 1 unspecified atom stereocenters. The Balaban J connectivity index is 2.18. The fraction of sp³-hybridized carbons (Fsp3) is 0.357. The summed E-state index contributed by atoms with van der Waals surface area (Å²) < 4.78 is 14.4. The van der Waals surface area contributed by atoms with Crippen molar-refractivity contribution in [1.82, 2.24) is 14.8 Å². The summed E-state index contributed by atoms with van der Waals surface area (Å²) in [6.07, 6.45) is 0. The number of Topliss-reactive ketones (excluding diaryl/α,β-unsaturated/α-hetero) is 1. The molecule has 0 aliphatic heterocycles. The molecule has 112 valence electrons. The van der Waals surface area contributed by atoms with Gasteiger partial charge >= 0.3 is 5.69 Å². The van der Waals surface area contributed by atoms with Crippen LogP contribution in [-0.4, -0.2) is 25.8 Å². The summed E-state index contributed by atoms with van der Waals surface area (Å²) in [7, 11) is 0. The third-order valence-electron chi connectivity index (χ3n) is 2.97. The number of H-pyrrole nitrogens is 1. The Morgan fingerprint density at radius 3 is 2.48 bits per heavy atom. The van der Waals surface area contributed by atoms with E-state index in [2.05, 4.69) is 10.2 Å². The lowest BCUT2D eigenvalue weighted by Gasteiger charge is -2.12. The van der Waals surface area contributed by atoms with Crippen LogP contribution in [0.25, 0.3) is 0 Å². The first-order valence-electron chi connectivity index (χ1n) is 6.53. The second kappa shape index (κ2) is 6.26. The molecule has 1 heterocycles. The molecule has 21 heavy (non-hydrogen) atoms. The quantitative estimate of drug-likeness (QED) is 0.681. The first-order chi connectivity index (χ1) is 9.90. The average Bonchev–Trinajstić information content (AvgIpc) is 2.79. The molecular formula is C14H16FN3O2S. The summed E-state index contributed by atoms with van der Waals surface area (Å²) in [5.41, 5.74) is 0.138. The average molecular weight is 309 g/mol. The number of hydrogen-bond donors (Lipinski definition) is 1. The molecule has 0 aliphatic carbocycles. The van der Waals surface area contributed by atoms with Crippen LogP contribution in [0, 0.1) is 5.82 Å². The highest BCUT2D eigenvalue weighted by atomic mass is 32.2. The summed E-state index contributed by atoms with van der Waals surface area (Å²) in [4.78, 5) is 23.9. The van der Waals surface area contributed by atoms with Crippen LogP contribution in [0.5, 0.6) is 0 Å². The van der Waals surface area contributed by atoms with Gasteiger partial charge in [0.2, 0.25) is 0 Å². The van der Waals surface area contributed by atoms with Crippen LogP contribution in [0.15, 0.2) is 34.2 Å². The molecule has 0 aliphatic rings. The molecule has 0 saturated heterocycles. The van der Waals surface area contributed by atoms with Gasteiger partial charge in [-0.1, -0.05) is 11.8 Å². The van der Waals surface area contributed by atoms with Crippen molar-refractivity contribution in [3.05, 3.63) is 46.1 Å². The lowest BCUT2D eigenvalue weighted by Crippen LogP contribution is -2.21. The smallest absolute Gasteiger partial charge is 0.293 e. The van der Waals surface area contributed by atoms with E-state index in [9.17, 15) is 14.0 Å². The predicted octanol–water partition coefficient (Wildman–Crippen LogP) is 2.65. The van der Waals surface area contributed by atoms with E-state index >= 15 is 0 Å². The third kappa shape index (κ3) is 3.41. The first-order valence-corrected chi connectivity index (χ1v) is 7.41. The van der Waals surface area contributed by atoms with E-state index in [0.717, 1.165) is 0 Å². The van der Waals surface area contributed by atoms with E-state index in [4.69, 9.17) is 0 Å². The number of aromatic nitrogens is 3. The minimum atomic E-state index is -0.428. The lowest BCUT2D eigenvalue weighted by molar-refractivity contribution is 0.0993. The second-order valence-electron chi connectivity index (χ2n) is 4.91. The molecule has 1 aromatic heterocycles. The zero-order chi connectivity index (χ0) is 15.6. The molecule has 1 N–H and O–H groups in total. The van der Waals surface area contributed by atoms with Crippen molar-refractivity contribution in [1.29, 1.82) is 0 Å². The number of hydrogen-bond acceptors (Lipinski definition) is 4. The highest BCUT2D eigenvalue weighted by Gasteiger charge is 2.21. The molecule has 0 saturated carbocycles. The molecule has 2 aromatic rings. The van der Waals surface area contributed by atoms with E-state index in [-0.39, 0.29) is 23.3 Å². The van der Waals surface area contributed by atoms with Crippen molar-refractivity contribution in [2.75, 3.05) is 0 Å². The summed E-state index contributed by atoms with van der Waals surface area (Å²) in [6.45, 7) is 5.47. The van der Waals surface area contributed by atoms with E-state index in [1.165, 1.54) is 40.6 Å². The second-order valence-corrected chi connectivity index (χ2v) is 6.21. The predicted molar refractivity (Wildman–Crippen MR) is 79.3 cm³/mol. The number of carbonyl (C=O) groups excluding carboxylic acids is 1. The number of nitrogens with zero attached hydrogens (tertiary/aromatic N) is 2. The van der Waals surface area contributed by atoms with Crippen molar-refractivity contribution < 1.29 is 9.18 Å². The van der Waals surface area contributed by atoms with Crippen LogP contribution >= 0.6 is 11.8 Å². The fourth-order valence-corrected chi connectivity index (χ4v) is 2.95. The van der Waals surface area contributed by atoms with Gasteiger partial charge in [0.15, 0.2) is 10.9 Å². The van der Waals surface area contributed by atoms with Crippen molar-refractivity contribution in [3.8, 4) is 0 Å². The largest absolute Gasteiger partial charge is 0.344 e. The Labute approximate surface area is 125 Å². The lowest BCUT2D eigenvalue weighted by atomic mass is 10.1. The molecule has 0 radical (unpaired) electrons. The topological polar surface area (TPSA) is 67.8 Å². The van der Waals surface area contributed by atoms with Gasteiger partial charge in [0.05, 0.1) is 5.25 Å². The normalized spacial score (nSPS) is 12.6. The zero-order valence-electron chi connectivity index (χ0n) is 12.0. The number of thioether (sulfide) groups is 1. The highest BCUT2D eigenvalue weighted by molar-refractivity contribution is 8.00. The summed E-state index contributed by atoms with van der Waals surface area (Å²) in [6, 6.07) is 5.36. The summed E-state index contributed by atoms with van der Waals surface area (Å²) in [5, 5.41) is 6.37. The number of halogens is 1. The van der Waals surface area contributed by atoms with Crippen LogP contribution in [0.3, 0.4) is 0 Å². The van der Waals surface area contributed by atoms with Gasteiger partial charge in [-0.3, -0.25) is 9.36 Å². The van der Waals surface area contributed by atoms with E-state index in [0.29, 0.717) is 10.7 Å². The molecule has 1 aromatic carbocycles. The monoisotopic (exact) mass is 309 g/mol. The van der Waals surface area contributed by atoms with Gasteiger partial charge in [0, 0.05) is 11.6 Å². The molecule has 5 nitrogen and oxygen atoms in total. The Morgan fingerprint density at radius 2 is 1.90 bits per heavy atom. The number of nitrogens with one attached hydrogen (secondary N) is 1. The number of aromatic amines is 1. The van der Waals surface area contributed by atoms with Gasteiger partial charge in [-0.25, -0.2) is 14.3 Å². The molecule has 0 amide bonds. The summed E-state index contributed by atoms with van der Waals surface area (Å²) in [5.74, 6) is -0.515. The number of benzene rings is 1. The molecular weight excluding hydrogens is 293 g/mol. The molecule has 2 rings (SSSR count). The Morgan fingerprint density at radius 1 is 1.29 bits per heavy atom. The van der Waals surface area contributed by atoms with E-state index in [1.807, 2.05) is 13.8 Å². The zero-order valence-corrected chi connectivity index (χ0v) is 12.8. The number of carbonyl (C=O) groups is 1. The molecule has 0 bridgehead atoms. The maximum atomic E-state index is 12.9. The van der Waals surface area contributed by atoms with Gasteiger partial charge in [0.25, 0.3) is 0 Å². The number of rotatable bonds is 5. The third-order valence-corrected chi connectivity index (χ3v) is 4.04. The van der Waals surface area contributed by atoms with Gasteiger partial charge in [-0.2, -0.15) is 0 Å². The minimum Gasteiger partial charge on any atom is -0.293 e. The van der Waals surface area contributed by atoms with Crippen molar-refractivity contribution >= 4 is 17.5 Å². The van der Waals surface area contributed by atoms with Gasteiger partial charge < -0.3 is 0 Å². The van der Waals surface area contributed by atoms with Gasteiger partial charge in [0.1, 0.15) is 5.82 Å². The maximum Gasteiger partial charge on any atom is 0.344 e. The van der Waals surface area contributed by atoms with Crippen molar-refractivity contribution in [2.24, 2.45) is 0 Å². The molecule has 7 heteroatoms. The Kier molecular flexibility index (Phi) is 4.62. The number of ketones is 1. The van der Waals surface area contributed by atoms with Crippen LogP contribution in [0.1, 0.15) is 37.2 Å². The standard InChI is InChI=1S/C14H16FN3O2S/c1-8(2)18-13(20)16-17-14(18)21-9(3)12(19)10-4-6-11(15)7-5-10/h4-9H,1-3H3,(H,16,20). The van der Waals surface area contributed by atoms with Gasteiger partial charge in [-0.15, -0.1) is 5.10 Å².